The van der Waals surface area contributed by atoms with Gasteiger partial charge in [-0.3, -0.25) is 0 Å². The summed E-state index contributed by atoms with van der Waals surface area (Å²) >= 11 is -4.91. The minimum absolute atomic E-state index is 0.439. The molecule has 46 heavy (non-hydrogen) atoms. The Balaban J connectivity index is 1.50. The number of fused-ring (bicyclic) bond motifs is 2. The van der Waals surface area contributed by atoms with E-state index in [1.54, 1.807) is 11.1 Å². The first kappa shape index (κ1) is 33.8. The molecule has 6 rings (SSSR count). The molecular weight excluding hydrogens is 767 g/mol. The monoisotopic (exact) mass is 824 g/mol. The average Bonchev–Trinajstić information content (AvgIpc) is 3.68. The second kappa shape index (κ2) is 9.96. The minimum atomic E-state index is -4.91. The second-order valence-corrected chi connectivity index (χ2v) is 108. The Morgan fingerprint density at radius 2 is 0.891 bits per heavy atom. The molecule has 0 saturated carbocycles. The Hall–Kier alpha value is -2.12. The molecule has 0 fully saturated rings. The van der Waals surface area contributed by atoms with E-state index >= 15 is 0 Å². The Labute approximate surface area is 277 Å². The van der Waals surface area contributed by atoms with Crippen LogP contribution < -0.4 is 10.4 Å². The van der Waals surface area contributed by atoms with Crippen LogP contribution in [0.15, 0.2) is 97.1 Å². The molecule has 0 saturated heterocycles. The van der Waals surface area contributed by atoms with Crippen molar-refractivity contribution in [3.8, 4) is 22.3 Å². The first-order valence-corrected chi connectivity index (χ1v) is 49.4. The number of hydrogen-bond acceptors (Lipinski definition) is 0. The van der Waals surface area contributed by atoms with Crippen LogP contribution in [0.1, 0.15) is 43.5 Å². The van der Waals surface area contributed by atoms with Crippen molar-refractivity contribution in [2.24, 2.45) is 0 Å². The molecule has 4 aromatic rings. The van der Waals surface area contributed by atoms with Crippen molar-refractivity contribution in [1.29, 1.82) is 0 Å². The van der Waals surface area contributed by atoms with Gasteiger partial charge < -0.3 is 0 Å². The Morgan fingerprint density at radius 1 is 0.543 bits per heavy atom. The van der Waals surface area contributed by atoms with Gasteiger partial charge in [-0.05, 0) is 0 Å². The third kappa shape index (κ3) is 4.87. The van der Waals surface area contributed by atoms with Crippen molar-refractivity contribution in [2.45, 2.75) is 78.2 Å². The van der Waals surface area contributed by atoms with Crippen LogP contribution in [0.5, 0.6) is 0 Å². The zero-order chi connectivity index (χ0) is 33.4. The molecule has 2 atom stereocenters. The Kier molecular flexibility index (Phi) is 7.31. The summed E-state index contributed by atoms with van der Waals surface area (Å²) in [6.45, 7) is 22.2. The summed E-state index contributed by atoms with van der Waals surface area (Å²) in [6.07, 6.45) is 10.3. The van der Waals surface area contributed by atoms with Crippen LogP contribution in [0.4, 0.5) is 0 Å². The van der Waals surface area contributed by atoms with Crippen LogP contribution in [0.25, 0.3) is 34.4 Å². The predicted molar refractivity (Wildman–Crippen MR) is 214 cm³/mol. The van der Waals surface area contributed by atoms with Gasteiger partial charge in [-0.1, -0.05) is 0 Å². The summed E-state index contributed by atoms with van der Waals surface area (Å²) in [6, 6.07) is 33.4. The van der Waals surface area contributed by atoms with Crippen molar-refractivity contribution < 1.29 is 14.2 Å². The number of hydrogen-bond donors (Lipinski definition) is 0. The zero-order valence-corrected chi connectivity index (χ0v) is 37.2. The molecule has 0 N–H and O–H groups in total. The van der Waals surface area contributed by atoms with Crippen molar-refractivity contribution in [1.82, 2.24) is 0 Å². The van der Waals surface area contributed by atoms with Gasteiger partial charge in [0.05, 0.1) is 0 Å². The first-order chi connectivity index (χ1) is 21.3. The molecule has 240 valence electrons. The zero-order valence-electron chi connectivity index (χ0n) is 30.2. The van der Waals surface area contributed by atoms with Crippen molar-refractivity contribution >= 4 is 45.6 Å². The molecule has 0 aromatic heterocycles. The van der Waals surface area contributed by atoms with E-state index in [4.69, 9.17) is 0 Å². The summed E-state index contributed by atoms with van der Waals surface area (Å²) in [5.41, 5.74) is 11.5. The molecule has 4 heteroatoms. The van der Waals surface area contributed by atoms with Gasteiger partial charge >= 0.3 is 280 Å². The number of rotatable bonds is 8. The van der Waals surface area contributed by atoms with E-state index < -0.39 is 30.3 Å². The fourth-order valence-electron chi connectivity index (χ4n) is 9.16. The van der Waals surface area contributed by atoms with Gasteiger partial charge in [-0.2, -0.15) is 0 Å². The Bertz CT molecular complexity index is 1910. The maximum atomic E-state index is 2.85. The van der Waals surface area contributed by atoms with Crippen LogP contribution in [-0.4, -0.2) is 23.1 Å². The SMILES string of the molecule is C[CH2][Hf]([CH3])([CH3])(=[SiH2])([CH2]C)([CH]1C=Cc2c(-c3ccc([Si](C)(C)C)cc3)cccc21)[CH]1C=Cc2c(-c3ccc([Si](C)(C)C)cc3)cccc21. The fraction of sp³-hybridized carbons (Fsp3) is 0.333. The van der Waals surface area contributed by atoms with Crippen molar-refractivity contribution in [3.05, 3.63) is 119 Å². The normalized spacial score (nSPS) is 20.0. The summed E-state index contributed by atoms with van der Waals surface area (Å²) in [5.74, 6) is 0. The van der Waals surface area contributed by atoms with Gasteiger partial charge in [-0.25, -0.2) is 0 Å². The molecule has 0 aliphatic heterocycles. The average molecular weight is 824 g/mol. The van der Waals surface area contributed by atoms with Gasteiger partial charge in [0.25, 0.3) is 0 Å². The molecule has 0 amide bonds. The number of allylic oxidation sites excluding steroid dienone is 2. The maximum absolute atomic E-state index is 4.91. The molecule has 4 aromatic carbocycles. The molecular formula is C42H56HfSi3. The van der Waals surface area contributed by atoms with Crippen LogP contribution in [0.3, 0.4) is 0 Å². The van der Waals surface area contributed by atoms with Gasteiger partial charge in [0.1, 0.15) is 0 Å². The molecule has 0 spiro atoms. The first-order valence-electron chi connectivity index (χ1n) is 17.7. The van der Waals surface area contributed by atoms with E-state index in [1.807, 2.05) is 0 Å². The summed E-state index contributed by atoms with van der Waals surface area (Å²) in [7, 11) is -2.69. The van der Waals surface area contributed by atoms with Crippen molar-refractivity contribution in [3.63, 3.8) is 0 Å². The fourth-order valence-corrected chi connectivity index (χ4v) is 46.3. The summed E-state index contributed by atoms with van der Waals surface area (Å²) in [5, 5.41) is 3.05. The second-order valence-electron chi connectivity index (χ2n) is 19.6. The summed E-state index contributed by atoms with van der Waals surface area (Å²) < 4.78 is 9.06. The molecule has 0 nitrogen and oxygen atoms in total. The van der Waals surface area contributed by atoms with Crippen molar-refractivity contribution in [2.75, 3.05) is 0 Å². The molecule has 0 radical (unpaired) electrons. The van der Waals surface area contributed by atoms with Gasteiger partial charge in [0.15, 0.2) is 0 Å². The van der Waals surface area contributed by atoms with Crippen LogP contribution >= 0.6 is 0 Å². The van der Waals surface area contributed by atoms with E-state index in [-0.39, 0.29) is 0 Å². The predicted octanol–water partition coefficient (Wildman–Crippen LogP) is 11.2. The van der Waals surface area contributed by atoms with Crippen LogP contribution in [0.2, 0.25) is 57.0 Å². The molecule has 0 bridgehead atoms. The van der Waals surface area contributed by atoms with E-state index in [0.717, 1.165) is 0 Å². The standard InChI is InChI=1S/2C18H19Si.2C2H5.2CH3.Hf.H2Si/c2*1-19(2,3)16-12-10-15(11-13-16)18-9-5-7-14-6-4-8-17(14)18;2*1-2;;;;/h2*4-13H,1-3H3;2*1H2,2H3;2*1H3;;1H2. The number of benzene rings is 4. The topological polar surface area (TPSA) is 0 Å². The Morgan fingerprint density at radius 3 is 1.20 bits per heavy atom. The van der Waals surface area contributed by atoms with Crippen LogP contribution in [-0.2, 0) is 14.2 Å². The van der Waals surface area contributed by atoms with Gasteiger partial charge in [-0.15, -0.1) is 0 Å². The summed E-state index contributed by atoms with van der Waals surface area (Å²) in [4.78, 5) is 0. The third-order valence-corrected chi connectivity index (χ3v) is 81.5. The molecule has 0 heterocycles. The third-order valence-electron chi connectivity index (χ3n) is 14.1. The molecule has 2 aliphatic rings. The quantitative estimate of drug-likeness (QED) is 0.155. The molecule has 2 aliphatic carbocycles. The van der Waals surface area contributed by atoms with E-state index in [1.165, 1.54) is 52.1 Å². The van der Waals surface area contributed by atoms with E-state index in [0.29, 0.717) is 7.35 Å². The van der Waals surface area contributed by atoms with Gasteiger partial charge in [0.2, 0.25) is 0 Å². The molecule has 2 unspecified atom stereocenters. The van der Waals surface area contributed by atoms with E-state index in [9.17, 15) is 0 Å². The van der Waals surface area contributed by atoms with Crippen LogP contribution in [0, 0.1) is 0 Å². The van der Waals surface area contributed by atoms with Gasteiger partial charge in [0, 0.05) is 0 Å². The van der Waals surface area contributed by atoms with E-state index in [2.05, 4.69) is 179 Å².